The molecular formula is C41H48ClN5O6. The van der Waals surface area contributed by atoms with E-state index in [1.54, 1.807) is 52.4 Å². The van der Waals surface area contributed by atoms with Gasteiger partial charge in [0.25, 0.3) is 5.91 Å². The van der Waals surface area contributed by atoms with E-state index < -0.39 is 11.7 Å². The molecular weight excluding hydrogens is 694 g/mol. The number of hydrogen-bond acceptors (Lipinski definition) is 9. The molecule has 0 aliphatic carbocycles. The number of carbonyl (C=O) groups is 2. The summed E-state index contributed by atoms with van der Waals surface area (Å²) in [6.45, 7) is 12.1. The maximum Gasteiger partial charge on any atom is 0.410 e. The molecule has 2 aliphatic rings. The van der Waals surface area contributed by atoms with Gasteiger partial charge in [0.2, 0.25) is 0 Å². The number of amides is 2. The second-order valence-electron chi connectivity index (χ2n) is 14.9. The minimum atomic E-state index is -0.672. The van der Waals surface area contributed by atoms with E-state index >= 15 is 0 Å². The predicted octanol–water partition coefficient (Wildman–Crippen LogP) is 7.38. The van der Waals surface area contributed by atoms with E-state index in [4.69, 9.17) is 25.8 Å². The number of aromatic nitrogens is 2. The highest BCUT2D eigenvalue weighted by Gasteiger charge is 2.43. The zero-order chi connectivity index (χ0) is 37.8. The summed E-state index contributed by atoms with van der Waals surface area (Å²) in [5.74, 6) is 0.415. The molecule has 4 aromatic rings. The molecule has 2 aromatic heterocycles. The van der Waals surface area contributed by atoms with Crippen molar-refractivity contribution < 1.29 is 28.9 Å². The molecule has 0 unspecified atom stereocenters. The highest BCUT2D eigenvalue weighted by Crippen LogP contribution is 2.42. The number of nitrogens with one attached hydrogen (secondary N) is 1. The lowest BCUT2D eigenvalue weighted by Crippen LogP contribution is -2.57. The Morgan fingerprint density at radius 1 is 1.06 bits per heavy atom. The van der Waals surface area contributed by atoms with Gasteiger partial charge in [-0.2, -0.15) is 0 Å². The number of pyridine rings is 2. The van der Waals surface area contributed by atoms with Gasteiger partial charge in [0.1, 0.15) is 17.0 Å². The molecule has 2 saturated heterocycles. The number of hydrogen-bond donors (Lipinski definition) is 2. The minimum Gasteiger partial charge on any atom is -0.496 e. The van der Waals surface area contributed by atoms with Gasteiger partial charge < -0.3 is 29.5 Å². The molecule has 1 spiro atoms. The Labute approximate surface area is 316 Å². The first kappa shape index (κ1) is 38.2. The molecule has 4 heterocycles. The van der Waals surface area contributed by atoms with Crippen molar-refractivity contribution in [1.29, 1.82) is 0 Å². The van der Waals surface area contributed by atoms with Gasteiger partial charge in [0, 0.05) is 79.6 Å². The number of benzene rings is 2. The average molecular weight is 742 g/mol. The first-order valence-electron chi connectivity index (χ1n) is 18.0. The molecule has 0 atom stereocenters. The van der Waals surface area contributed by atoms with Gasteiger partial charge in [0.15, 0.2) is 0 Å². The van der Waals surface area contributed by atoms with Crippen molar-refractivity contribution in [2.24, 2.45) is 5.41 Å². The summed E-state index contributed by atoms with van der Waals surface area (Å²) < 4.78 is 16.9. The van der Waals surface area contributed by atoms with Crippen LogP contribution in [0.5, 0.6) is 5.75 Å². The Bertz CT molecular complexity index is 1930. The molecule has 11 nitrogen and oxygen atoms in total. The van der Waals surface area contributed by atoms with Gasteiger partial charge in [-0.15, -0.1) is 0 Å². The molecule has 6 rings (SSSR count). The normalized spacial score (nSPS) is 15.5. The lowest BCUT2D eigenvalue weighted by Gasteiger charge is -2.52. The summed E-state index contributed by atoms with van der Waals surface area (Å²) in [6.07, 6.45) is 5.01. The average Bonchev–Trinajstić information content (AvgIpc) is 3.12. The fourth-order valence-electron chi connectivity index (χ4n) is 7.06. The summed E-state index contributed by atoms with van der Waals surface area (Å²) in [5.41, 5.74) is 6.34. The highest BCUT2D eigenvalue weighted by atomic mass is 35.5. The summed E-state index contributed by atoms with van der Waals surface area (Å²) in [5, 5.41) is 13.0. The topological polar surface area (TPSA) is 126 Å². The number of ether oxygens (including phenoxy) is 3. The summed E-state index contributed by atoms with van der Waals surface area (Å²) in [6, 6.07) is 17.0. The van der Waals surface area contributed by atoms with Crippen LogP contribution in [0.2, 0.25) is 5.02 Å². The van der Waals surface area contributed by atoms with Crippen LogP contribution in [0.1, 0.15) is 60.8 Å². The second-order valence-corrected chi connectivity index (χ2v) is 15.3. The van der Waals surface area contributed by atoms with E-state index in [1.807, 2.05) is 43.3 Å². The van der Waals surface area contributed by atoms with Gasteiger partial charge in [-0.05, 0) is 81.5 Å². The van der Waals surface area contributed by atoms with Crippen molar-refractivity contribution in [2.75, 3.05) is 51.9 Å². The Balaban J connectivity index is 1.15. The van der Waals surface area contributed by atoms with Crippen molar-refractivity contribution >= 4 is 29.3 Å². The molecule has 2 amide bonds. The van der Waals surface area contributed by atoms with Gasteiger partial charge in [-0.3, -0.25) is 19.7 Å². The molecule has 12 heteroatoms. The van der Waals surface area contributed by atoms with E-state index in [0.29, 0.717) is 27.4 Å². The fourth-order valence-corrected chi connectivity index (χ4v) is 7.38. The van der Waals surface area contributed by atoms with Crippen LogP contribution >= 0.6 is 11.6 Å². The number of nitrogens with zero attached hydrogens (tertiary/aromatic N) is 4. The van der Waals surface area contributed by atoms with Crippen molar-refractivity contribution in [3.8, 4) is 28.1 Å². The Morgan fingerprint density at radius 2 is 1.83 bits per heavy atom. The van der Waals surface area contributed by atoms with Gasteiger partial charge >= 0.3 is 6.09 Å². The Hall–Kier alpha value is -4.55. The van der Waals surface area contributed by atoms with Crippen LogP contribution in [0, 0.1) is 12.3 Å². The highest BCUT2D eigenvalue weighted by molar-refractivity contribution is 6.35. The monoisotopic (exact) mass is 741 g/mol. The fraction of sp³-hybridized carbons (Fsp3) is 0.415. The first-order chi connectivity index (χ1) is 25.4. The third-order valence-corrected chi connectivity index (χ3v) is 10.2. The predicted molar refractivity (Wildman–Crippen MR) is 205 cm³/mol. The number of carbonyl (C=O) groups excluding carboxylic acids is 2. The van der Waals surface area contributed by atoms with E-state index in [9.17, 15) is 14.7 Å². The van der Waals surface area contributed by atoms with E-state index in [2.05, 4.69) is 26.3 Å². The molecule has 2 fully saturated rings. The number of anilines is 1. The third-order valence-electron chi connectivity index (χ3n) is 9.84. The molecule has 53 heavy (non-hydrogen) atoms. The summed E-state index contributed by atoms with van der Waals surface area (Å²) in [7, 11) is 1.69. The molecule has 2 aliphatic heterocycles. The molecule has 2 N–H and O–H groups in total. The number of halogens is 1. The van der Waals surface area contributed by atoms with Crippen molar-refractivity contribution in [3.63, 3.8) is 0 Å². The molecule has 0 radical (unpaired) electrons. The van der Waals surface area contributed by atoms with E-state index in [-0.39, 0.29) is 31.3 Å². The standard InChI is InChI=1S/C41H48ClN5O6/c1-27-31(7-6-8-33(27)45-38(49)34-12-9-28(22-44-34)23-47(17-18-48)39(50)53-40(2,3)4)32-13-16-43-37(36(32)42)29-10-11-30(35(21-29)51-5)24-46-25-41(26-46)14-19-52-20-15-41/h6-13,16,21-22,48H,14-15,17-20,23-26H2,1-5H3,(H,45,49). The first-order valence-corrected chi connectivity index (χ1v) is 18.3. The number of methoxy groups -OCH3 is 1. The quantitative estimate of drug-likeness (QED) is 0.162. The van der Waals surface area contributed by atoms with Gasteiger partial charge in [-0.1, -0.05) is 41.9 Å². The molecule has 0 saturated carbocycles. The lowest BCUT2D eigenvalue weighted by molar-refractivity contribution is -0.0840. The van der Waals surface area contributed by atoms with Crippen LogP contribution in [-0.2, 0) is 22.6 Å². The molecule has 280 valence electrons. The van der Waals surface area contributed by atoms with Crippen LogP contribution in [0.15, 0.2) is 67.0 Å². The van der Waals surface area contributed by atoms with Crippen LogP contribution in [0.4, 0.5) is 10.5 Å². The van der Waals surface area contributed by atoms with Crippen molar-refractivity contribution in [3.05, 3.63) is 94.4 Å². The van der Waals surface area contributed by atoms with Crippen LogP contribution in [0.25, 0.3) is 22.4 Å². The summed E-state index contributed by atoms with van der Waals surface area (Å²) >= 11 is 7.09. The SMILES string of the molecule is COc1cc(-c2nccc(-c3cccc(NC(=O)c4ccc(CN(CCO)C(=O)OC(C)(C)C)cn4)c3C)c2Cl)ccc1CN1CC2(CCOCC2)C1. The second kappa shape index (κ2) is 16.2. The van der Waals surface area contributed by atoms with Crippen LogP contribution in [0.3, 0.4) is 0 Å². The lowest BCUT2D eigenvalue weighted by atomic mass is 9.73. The zero-order valence-electron chi connectivity index (χ0n) is 31.1. The Morgan fingerprint density at radius 3 is 2.51 bits per heavy atom. The number of aliphatic hydroxyl groups is 1. The zero-order valence-corrected chi connectivity index (χ0v) is 31.8. The largest absolute Gasteiger partial charge is 0.496 e. The smallest absolute Gasteiger partial charge is 0.410 e. The van der Waals surface area contributed by atoms with E-state index in [1.165, 1.54) is 4.90 Å². The van der Waals surface area contributed by atoms with Crippen LogP contribution < -0.4 is 10.1 Å². The third kappa shape index (κ3) is 8.98. The summed E-state index contributed by atoms with van der Waals surface area (Å²) in [4.78, 5) is 38.8. The van der Waals surface area contributed by atoms with Crippen molar-refractivity contribution in [2.45, 2.75) is 59.2 Å². The van der Waals surface area contributed by atoms with Crippen molar-refractivity contribution in [1.82, 2.24) is 19.8 Å². The van der Waals surface area contributed by atoms with Crippen LogP contribution in [-0.4, -0.2) is 89.0 Å². The van der Waals surface area contributed by atoms with E-state index in [0.717, 1.165) is 79.3 Å². The molecule has 2 aromatic carbocycles. The number of likely N-dealkylation sites (tertiary alicyclic amines) is 1. The minimum absolute atomic E-state index is 0.104. The van der Waals surface area contributed by atoms with Gasteiger partial charge in [-0.25, -0.2) is 4.79 Å². The van der Waals surface area contributed by atoms with Gasteiger partial charge in [0.05, 0.1) is 31.0 Å². The molecule has 0 bridgehead atoms. The Kier molecular flexibility index (Phi) is 11.7. The number of aliphatic hydroxyl groups excluding tert-OH is 1. The number of rotatable bonds is 11. The maximum atomic E-state index is 13.3. The maximum absolute atomic E-state index is 13.3.